The molecule has 0 radical (unpaired) electrons. The van der Waals surface area contributed by atoms with E-state index in [1.165, 1.54) is 11.1 Å². The molecule has 3 heteroatoms. The van der Waals surface area contributed by atoms with Gasteiger partial charge in [-0.2, -0.15) is 0 Å². The van der Waals surface area contributed by atoms with Crippen molar-refractivity contribution in [3.05, 3.63) is 29.3 Å². The van der Waals surface area contributed by atoms with Gasteiger partial charge in [-0.3, -0.25) is 0 Å². The number of benzene rings is 1. The van der Waals surface area contributed by atoms with E-state index < -0.39 is 0 Å². The number of hydrogen-bond donors (Lipinski definition) is 1. The fraction of sp³-hybridized carbons (Fsp3) is 0.600. The molecule has 3 nitrogen and oxygen atoms in total. The smallest absolute Gasteiger partial charge is 0.122 e. The van der Waals surface area contributed by atoms with E-state index in [0.717, 1.165) is 18.6 Å². The van der Waals surface area contributed by atoms with Crippen LogP contribution in [0.3, 0.4) is 0 Å². The minimum atomic E-state index is 0.157. The second-order valence-corrected chi connectivity index (χ2v) is 4.71. The van der Waals surface area contributed by atoms with Gasteiger partial charge in [0.2, 0.25) is 0 Å². The number of rotatable bonds is 8. The zero-order valence-electron chi connectivity index (χ0n) is 11.7. The second-order valence-electron chi connectivity index (χ2n) is 4.71. The summed E-state index contributed by atoms with van der Waals surface area (Å²) in [6.07, 6.45) is 1.85. The largest absolute Gasteiger partial charge is 0.493 e. The van der Waals surface area contributed by atoms with Crippen molar-refractivity contribution in [2.75, 3.05) is 19.8 Å². The molecule has 1 unspecified atom stereocenters. The quantitative estimate of drug-likeness (QED) is 0.723. The first-order chi connectivity index (χ1) is 8.63. The van der Waals surface area contributed by atoms with E-state index >= 15 is 0 Å². The molecule has 0 heterocycles. The van der Waals surface area contributed by atoms with Crippen molar-refractivity contribution in [2.24, 2.45) is 5.73 Å². The van der Waals surface area contributed by atoms with Crippen molar-refractivity contribution in [3.8, 4) is 5.75 Å². The first-order valence-corrected chi connectivity index (χ1v) is 6.67. The van der Waals surface area contributed by atoms with Crippen LogP contribution in [-0.2, 0) is 4.74 Å². The highest BCUT2D eigenvalue weighted by Gasteiger charge is 2.01. The molecule has 0 amide bonds. The van der Waals surface area contributed by atoms with Crippen LogP contribution in [0.15, 0.2) is 18.2 Å². The Balaban J connectivity index is 2.16. The highest BCUT2D eigenvalue weighted by atomic mass is 16.5. The minimum Gasteiger partial charge on any atom is -0.493 e. The Morgan fingerprint density at radius 2 is 2.00 bits per heavy atom. The molecule has 1 rings (SSSR count). The van der Waals surface area contributed by atoms with Gasteiger partial charge >= 0.3 is 0 Å². The first-order valence-electron chi connectivity index (χ1n) is 6.67. The maximum Gasteiger partial charge on any atom is 0.122 e. The average molecular weight is 251 g/mol. The van der Waals surface area contributed by atoms with E-state index in [2.05, 4.69) is 39.0 Å². The summed E-state index contributed by atoms with van der Waals surface area (Å²) in [5.74, 6) is 0.972. The molecule has 0 aliphatic heterocycles. The van der Waals surface area contributed by atoms with Gasteiger partial charge in [0, 0.05) is 19.1 Å². The van der Waals surface area contributed by atoms with Crippen LogP contribution in [0.25, 0.3) is 0 Å². The van der Waals surface area contributed by atoms with E-state index in [1.54, 1.807) is 0 Å². The molecule has 1 aromatic carbocycles. The van der Waals surface area contributed by atoms with Gasteiger partial charge in [0.25, 0.3) is 0 Å². The predicted octanol–water partition coefficient (Wildman–Crippen LogP) is 2.83. The molecule has 1 aromatic rings. The monoisotopic (exact) mass is 251 g/mol. The summed E-state index contributed by atoms with van der Waals surface area (Å²) in [4.78, 5) is 0. The van der Waals surface area contributed by atoms with E-state index in [4.69, 9.17) is 15.2 Å². The van der Waals surface area contributed by atoms with Crippen LogP contribution in [0.2, 0.25) is 0 Å². The summed E-state index contributed by atoms with van der Waals surface area (Å²) < 4.78 is 11.2. The molecule has 0 aliphatic rings. The molecule has 0 saturated carbocycles. The molecule has 0 aromatic heterocycles. The van der Waals surface area contributed by atoms with Gasteiger partial charge in [0.1, 0.15) is 5.75 Å². The molecule has 2 N–H and O–H groups in total. The van der Waals surface area contributed by atoms with Crippen molar-refractivity contribution in [1.29, 1.82) is 0 Å². The van der Waals surface area contributed by atoms with Crippen LogP contribution in [0.1, 0.15) is 30.9 Å². The molecule has 1 atom stereocenters. The molecule has 18 heavy (non-hydrogen) atoms. The first kappa shape index (κ1) is 15.0. The Morgan fingerprint density at radius 3 is 2.72 bits per heavy atom. The lowest BCUT2D eigenvalue weighted by atomic mass is 10.1. The fourth-order valence-corrected chi connectivity index (χ4v) is 1.56. The van der Waals surface area contributed by atoms with Crippen molar-refractivity contribution >= 4 is 0 Å². The third kappa shape index (κ3) is 5.52. The predicted molar refractivity (Wildman–Crippen MR) is 75.1 cm³/mol. The molecule has 0 saturated heterocycles. The van der Waals surface area contributed by atoms with E-state index in [0.29, 0.717) is 19.8 Å². The summed E-state index contributed by atoms with van der Waals surface area (Å²) >= 11 is 0. The van der Waals surface area contributed by atoms with Gasteiger partial charge in [0.15, 0.2) is 0 Å². The molecule has 0 bridgehead atoms. The average Bonchev–Trinajstić information content (AvgIpc) is 2.37. The third-order valence-corrected chi connectivity index (χ3v) is 2.89. The zero-order valence-corrected chi connectivity index (χ0v) is 11.7. The molecular formula is C15H25NO2. The van der Waals surface area contributed by atoms with Gasteiger partial charge < -0.3 is 15.2 Å². The van der Waals surface area contributed by atoms with Crippen LogP contribution in [0, 0.1) is 13.8 Å². The Morgan fingerprint density at radius 1 is 1.22 bits per heavy atom. The summed E-state index contributed by atoms with van der Waals surface area (Å²) in [6.45, 7) is 8.23. The van der Waals surface area contributed by atoms with Crippen molar-refractivity contribution in [2.45, 2.75) is 39.7 Å². The topological polar surface area (TPSA) is 44.5 Å². The van der Waals surface area contributed by atoms with Crippen LogP contribution in [0.5, 0.6) is 5.75 Å². The van der Waals surface area contributed by atoms with Crippen LogP contribution >= 0.6 is 0 Å². The molecule has 0 fully saturated rings. The van der Waals surface area contributed by atoms with E-state index in [-0.39, 0.29) is 6.04 Å². The molecule has 0 aliphatic carbocycles. The Bertz CT molecular complexity index is 352. The lowest BCUT2D eigenvalue weighted by Gasteiger charge is -2.11. The van der Waals surface area contributed by atoms with Gasteiger partial charge in [-0.05, 0) is 37.5 Å². The van der Waals surface area contributed by atoms with Gasteiger partial charge in [-0.25, -0.2) is 0 Å². The summed E-state index contributed by atoms with van der Waals surface area (Å²) in [5.41, 5.74) is 8.16. The van der Waals surface area contributed by atoms with Crippen molar-refractivity contribution in [1.82, 2.24) is 0 Å². The van der Waals surface area contributed by atoms with Crippen molar-refractivity contribution < 1.29 is 9.47 Å². The highest BCUT2D eigenvalue weighted by molar-refractivity contribution is 5.35. The number of nitrogens with two attached hydrogens (primary N) is 1. The summed E-state index contributed by atoms with van der Waals surface area (Å²) in [6, 6.07) is 6.41. The molecule has 0 spiro atoms. The van der Waals surface area contributed by atoms with Crippen LogP contribution in [-0.4, -0.2) is 25.9 Å². The fourth-order valence-electron chi connectivity index (χ4n) is 1.56. The van der Waals surface area contributed by atoms with Crippen LogP contribution < -0.4 is 10.5 Å². The highest BCUT2D eigenvalue weighted by Crippen LogP contribution is 2.19. The van der Waals surface area contributed by atoms with E-state index in [1.807, 2.05) is 0 Å². The Hall–Kier alpha value is -1.06. The third-order valence-electron chi connectivity index (χ3n) is 2.89. The standard InChI is InChI=1S/C15H25NO2/c1-4-14(16)11-17-8-5-9-18-15-10-12(2)6-7-13(15)3/h6-7,10,14H,4-5,8-9,11,16H2,1-3H3. The molecule has 102 valence electrons. The van der Waals surface area contributed by atoms with E-state index in [9.17, 15) is 0 Å². The number of ether oxygens (including phenoxy) is 2. The van der Waals surface area contributed by atoms with Gasteiger partial charge in [0.05, 0.1) is 13.2 Å². The Labute approximate surface area is 110 Å². The molecular weight excluding hydrogens is 226 g/mol. The second kappa shape index (κ2) is 8.11. The normalized spacial score (nSPS) is 12.4. The SMILES string of the molecule is CCC(N)COCCCOc1cc(C)ccc1C. The minimum absolute atomic E-state index is 0.157. The number of aryl methyl sites for hydroxylation is 2. The lowest BCUT2D eigenvalue weighted by molar-refractivity contribution is 0.107. The summed E-state index contributed by atoms with van der Waals surface area (Å²) in [7, 11) is 0. The zero-order chi connectivity index (χ0) is 13.4. The number of hydrogen-bond acceptors (Lipinski definition) is 3. The van der Waals surface area contributed by atoms with Crippen LogP contribution in [0.4, 0.5) is 0 Å². The Kier molecular flexibility index (Phi) is 6.76. The lowest BCUT2D eigenvalue weighted by Crippen LogP contribution is -2.25. The maximum atomic E-state index is 5.76. The summed E-state index contributed by atoms with van der Waals surface area (Å²) in [5, 5.41) is 0. The van der Waals surface area contributed by atoms with Crippen molar-refractivity contribution in [3.63, 3.8) is 0 Å². The van der Waals surface area contributed by atoms with Gasteiger partial charge in [-0.15, -0.1) is 0 Å². The maximum absolute atomic E-state index is 5.76. The van der Waals surface area contributed by atoms with Gasteiger partial charge in [-0.1, -0.05) is 19.1 Å².